The van der Waals surface area contributed by atoms with Crippen LogP contribution in [-0.2, 0) is 0 Å². The van der Waals surface area contributed by atoms with Crippen molar-refractivity contribution in [3.05, 3.63) is 53.7 Å². The van der Waals surface area contributed by atoms with E-state index in [2.05, 4.69) is 15.2 Å². The molecule has 1 unspecified atom stereocenters. The number of benzene rings is 1. The molecule has 0 aliphatic rings. The summed E-state index contributed by atoms with van der Waals surface area (Å²) in [4.78, 5) is 18.4. The molecule has 24 heavy (non-hydrogen) atoms. The first kappa shape index (κ1) is 17.7. The highest BCUT2D eigenvalue weighted by molar-refractivity contribution is 5.93. The smallest absolute Gasteiger partial charge is 0.252 e. The third-order valence-electron chi connectivity index (χ3n) is 3.79. The van der Waals surface area contributed by atoms with E-state index in [0.717, 1.165) is 11.3 Å². The number of carbonyl (C=O) groups is 1. The largest absolute Gasteiger partial charge is 0.497 e. The quantitative estimate of drug-likeness (QED) is 0.843. The maximum Gasteiger partial charge on any atom is 0.252 e. The first-order chi connectivity index (χ1) is 11.5. The summed E-state index contributed by atoms with van der Waals surface area (Å²) in [5.41, 5.74) is 1.61. The molecule has 0 radical (unpaired) electrons. The van der Waals surface area contributed by atoms with E-state index in [9.17, 15) is 4.79 Å². The molecule has 2 aromatic rings. The molecule has 0 fully saturated rings. The molecule has 0 aliphatic carbocycles. The summed E-state index contributed by atoms with van der Waals surface area (Å²) in [7, 11) is 7.14. The number of pyridine rings is 1. The van der Waals surface area contributed by atoms with Gasteiger partial charge in [0, 0.05) is 18.8 Å². The molecule has 128 valence electrons. The molecule has 0 spiro atoms. The zero-order chi connectivity index (χ0) is 17.5. The van der Waals surface area contributed by atoms with Gasteiger partial charge >= 0.3 is 0 Å². The fraction of sp³-hybridized carbons (Fsp3) is 0.333. The van der Waals surface area contributed by atoms with Crippen LogP contribution in [0.3, 0.4) is 0 Å². The zero-order valence-corrected chi connectivity index (χ0v) is 14.4. The Bertz CT molecular complexity index is 654. The van der Waals surface area contributed by atoms with Crippen molar-refractivity contribution < 1.29 is 14.3 Å². The second-order valence-corrected chi connectivity index (χ2v) is 5.55. The lowest BCUT2D eigenvalue weighted by molar-refractivity contribution is 0.0941. The number of hydrogen-bond acceptors (Lipinski definition) is 5. The molecule has 1 aromatic carbocycles. The fourth-order valence-corrected chi connectivity index (χ4v) is 2.35. The molecule has 1 amide bonds. The van der Waals surface area contributed by atoms with Gasteiger partial charge in [0.2, 0.25) is 5.88 Å². The van der Waals surface area contributed by atoms with Crippen LogP contribution >= 0.6 is 0 Å². The number of aromatic nitrogens is 1. The second-order valence-electron chi connectivity index (χ2n) is 5.55. The molecule has 2 rings (SSSR count). The third-order valence-corrected chi connectivity index (χ3v) is 3.79. The molecule has 0 saturated heterocycles. The van der Waals surface area contributed by atoms with Crippen LogP contribution in [0.1, 0.15) is 22.0 Å². The van der Waals surface area contributed by atoms with E-state index in [1.807, 2.05) is 38.4 Å². The van der Waals surface area contributed by atoms with E-state index in [1.54, 1.807) is 26.4 Å². The van der Waals surface area contributed by atoms with Crippen LogP contribution < -0.4 is 14.8 Å². The fourth-order valence-electron chi connectivity index (χ4n) is 2.35. The topological polar surface area (TPSA) is 63.7 Å². The molecule has 1 atom stereocenters. The van der Waals surface area contributed by atoms with Crippen molar-refractivity contribution in [2.45, 2.75) is 6.04 Å². The predicted molar refractivity (Wildman–Crippen MR) is 92.5 cm³/mol. The van der Waals surface area contributed by atoms with Crippen LogP contribution in [0.5, 0.6) is 11.6 Å². The van der Waals surface area contributed by atoms with Crippen molar-refractivity contribution in [1.82, 2.24) is 15.2 Å². The van der Waals surface area contributed by atoms with Crippen LogP contribution in [0.15, 0.2) is 42.6 Å². The van der Waals surface area contributed by atoms with Gasteiger partial charge in [-0.1, -0.05) is 12.1 Å². The molecular formula is C18H23N3O3. The minimum Gasteiger partial charge on any atom is -0.497 e. The summed E-state index contributed by atoms with van der Waals surface area (Å²) in [6.45, 7) is 0.490. The molecule has 6 nitrogen and oxygen atoms in total. The number of carbonyl (C=O) groups excluding carboxylic acids is 1. The molecule has 1 heterocycles. The molecule has 0 bridgehead atoms. The Morgan fingerprint density at radius 1 is 1.12 bits per heavy atom. The van der Waals surface area contributed by atoms with Gasteiger partial charge in [0.15, 0.2) is 0 Å². The highest BCUT2D eigenvalue weighted by atomic mass is 16.5. The van der Waals surface area contributed by atoms with Gasteiger partial charge in [-0.3, -0.25) is 4.79 Å². The van der Waals surface area contributed by atoms with Crippen LogP contribution in [-0.4, -0.2) is 50.7 Å². The normalized spacial score (nSPS) is 11.9. The van der Waals surface area contributed by atoms with E-state index >= 15 is 0 Å². The van der Waals surface area contributed by atoms with Crippen molar-refractivity contribution in [3.8, 4) is 11.6 Å². The first-order valence-electron chi connectivity index (χ1n) is 7.63. The highest BCUT2D eigenvalue weighted by Crippen LogP contribution is 2.20. The van der Waals surface area contributed by atoms with E-state index in [-0.39, 0.29) is 11.9 Å². The standard InChI is InChI=1S/C18H23N3O3/c1-21(2)16(13-5-8-15(23-3)9-6-13)12-20-18(22)14-7-10-17(24-4)19-11-14/h5-11,16H,12H2,1-4H3,(H,20,22). The highest BCUT2D eigenvalue weighted by Gasteiger charge is 2.16. The number of methoxy groups -OCH3 is 2. The minimum atomic E-state index is -0.162. The Labute approximate surface area is 142 Å². The Morgan fingerprint density at radius 2 is 1.83 bits per heavy atom. The van der Waals surface area contributed by atoms with Crippen LogP contribution in [0.25, 0.3) is 0 Å². The Balaban J connectivity index is 2.03. The van der Waals surface area contributed by atoms with Gasteiger partial charge in [-0.15, -0.1) is 0 Å². The maximum atomic E-state index is 12.3. The Kier molecular flexibility index (Phi) is 6.14. The van der Waals surface area contributed by atoms with Crippen molar-refractivity contribution in [2.75, 3.05) is 34.9 Å². The minimum absolute atomic E-state index is 0.0612. The lowest BCUT2D eigenvalue weighted by Gasteiger charge is -2.25. The maximum absolute atomic E-state index is 12.3. The summed E-state index contributed by atoms with van der Waals surface area (Å²) in [5, 5.41) is 2.95. The van der Waals surface area contributed by atoms with Crippen molar-refractivity contribution in [3.63, 3.8) is 0 Å². The second kappa shape index (κ2) is 8.31. The van der Waals surface area contributed by atoms with E-state index < -0.39 is 0 Å². The summed E-state index contributed by atoms with van der Waals surface area (Å²) in [5.74, 6) is 1.13. The number of ether oxygens (including phenoxy) is 2. The average molecular weight is 329 g/mol. The van der Waals surface area contributed by atoms with Crippen molar-refractivity contribution >= 4 is 5.91 Å². The molecule has 1 N–H and O–H groups in total. The van der Waals surface area contributed by atoms with Gasteiger partial charge in [-0.2, -0.15) is 0 Å². The Morgan fingerprint density at radius 3 is 2.33 bits per heavy atom. The van der Waals surface area contributed by atoms with Crippen LogP contribution in [0, 0.1) is 0 Å². The van der Waals surface area contributed by atoms with Gasteiger partial charge in [-0.05, 0) is 37.9 Å². The summed E-state index contributed by atoms with van der Waals surface area (Å²) >= 11 is 0. The monoisotopic (exact) mass is 329 g/mol. The van der Waals surface area contributed by atoms with Gasteiger partial charge in [0.05, 0.1) is 25.8 Å². The summed E-state index contributed by atoms with van der Waals surface area (Å²) in [6, 6.07) is 11.3. The van der Waals surface area contributed by atoms with E-state index in [1.165, 1.54) is 6.20 Å². The molecular weight excluding hydrogens is 306 g/mol. The number of rotatable bonds is 7. The first-order valence-corrected chi connectivity index (χ1v) is 7.63. The number of hydrogen-bond donors (Lipinski definition) is 1. The lowest BCUT2D eigenvalue weighted by Crippen LogP contribution is -2.34. The molecule has 6 heteroatoms. The van der Waals surface area contributed by atoms with Crippen LogP contribution in [0.4, 0.5) is 0 Å². The zero-order valence-electron chi connectivity index (χ0n) is 14.4. The summed E-state index contributed by atoms with van der Waals surface area (Å²) in [6.07, 6.45) is 1.51. The van der Waals surface area contributed by atoms with E-state index in [0.29, 0.717) is 18.0 Å². The summed E-state index contributed by atoms with van der Waals surface area (Å²) < 4.78 is 10.2. The average Bonchev–Trinajstić information content (AvgIpc) is 2.62. The third kappa shape index (κ3) is 4.45. The number of nitrogens with zero attached hydrogens (tertiary/aromatic N) is 2. The number of likely N-dealkylation sites (N-methyl/N-ethyl adjacent to an activating group) is 1. The molecule has 0 aliphatic heterocycles. The number of amides is 1. The van der Waals surface area contributed by atoms with E-state index in [4.69, 9.17) is 9.47 Å². The van der Waals surface area contributed by atoms with Gasteiger partial charge in [0.1, 0.15) is 5.75 Å². The van der Waals surface area contributed by atoms with Gasteiger partial charge in [-0.25, -0.2) is 4.98 Å². The molecule has 1 aromatic heterocycles. The van der Waals surface area contributed by atoms with Crippen molar-refractivity contribution in [1.29, 1.82) is 0 Å². The lowest BCUT2D eigenvalue weighted by atomic mass is 10.1. The number of nitrogens with one attached hydrogen (secondary N) is 1. The van der Waals surface area contributed by atoms with Crippen molar-refractivity contribution in [2.24, 2.45) is 0 Å². The van der Waals surface area contributed by atoms with Crippen LogP contribution in [0.2, 0.25) is 0 Å². The predicted octanol–water partition coefficient (Wildman–Crippen LogP) is 2.13. The SMILES string of the molecule is COc1ccc(C(CNC(=O)c2ccc(OC)nc2)N(C)C)cc1. The van der Waals surface area contributed by atoms with Gasteiger partial charge < -0.3 is 19.7 Å². The molecule has 0 saturated carbocycles. The van der Waals surface area contributed by atoms with Gasteiger partial charge in [0.25, 0.3) is 5.91 Å². The Hall–Kier alpha value is -2.60.